The SMILES string of the molecule is Cc1cc(Cl)ccc1NC(=O)/C(C#N)=C/c1c(C)n(Cc2ccc([N+](=O)[O-])cc2)c2ccccc12. The van der Waals surface area contributed by atoms with Crippen LogP contribution in [-0.2, 0) is 11.3 Å². The van der Waals surface area contributed by atoms with Crippen molar-refractivity contribution in [2.75, 3.05) is 5.32 Å². The molecule has 0 saturated heterocycles. The number of anilines is 1. The fourth-order valence-corrected chi connectivity index (χ4v) is 4.23. The normalized spacial score (nSPS) is 11.3. The number of halogens is 1. The topological polar surface area (TPSA) is 101 Å². The first-order chi connectivity index (χ1) is 16.8. The Labute approximate surface area is 207 Å². The second-order valence-corrected chi connectivity index (χ2v) is 8.55. The molecular weight excluding hydrogens is 464 g/mol. The van der Waals surface area contributed by atoms with Gasteiger partial charge in [0.15, 0.2) is 0 Å². The highest BCUT2D eigenvalue weighted by molar-refractivity contribution is 6.30. The van der Waals surface area contributed by atoms with E-state index in [4.69, 9.17) is 11.6 Å². The molecule has 0 spiro atoms. The molecule has 0 atom stereocenters. The number of nitro groups is 1. The number of nitro benzene ring substituents is 1. The number of amides is 1. The maximum atomic E-state index is 12.9. The van der Waals surface area contributed by atoms with Gasteiger partial charge in [-0.3, -0.25) is 14.9 Å². The van der Waals surface area contributed by atoms with Crippen LogP contribution in [0.1, 0.15) is 22.4 Å². The molecule has 0 bridgehead atoms. The number of carbonyl (C=O) groups excluding carboxylic acids is 1. The largest absolute Gasteiger partial charge is 0.340 e. The van der Waals surface area contributed by atoms with Crippen LogP contribution in [0.2, 0.25) is 5.02 Å². The fraction of sp³-hybridized carbons (Fsp3) is 0.111. The van der Waals surface area contributed by atoms with Crippen LogP contribution in [0, 0.1) is 35.3 Å². The second kappa shape index (κ2) is 9.84. The molecule has 8 heteroatoms. The smallest absolute Gasteiger partial charge is 0.269 e. The highest BCUT2D eigenvalue weighted by Gasteiger charge is 2.17. The molecule has 1 aromatic heterocycles. The molecule has 3 aromatic carbocycles. The summed E-state index contributed by atoms with van der Waals surface area (Å²) >= 11 is 6.00. The van der Waals surface area contributed by atoms with Gasteiger partial charge in [-0.05, 0) is 55.3 Å². The first-order valence-electron chi connectivity index (χ1n) is 10.8. The minimum absolute atomic E-state index is 0.0271. The third-order valence-corrected chi connectivity index (χ3v) is 6.09. The van der Waals surface area contributed by atoms with Crippen molar-refractivity contribution in [1.82, 2.24) is 4.57 Å². The van der Waals surface area contributed by atoms with Gasteiger partial charge in [0.25, 0.3) is 11.6 Å². The first kappa shape index (κ1) is 23.7. The molecule has 0 unspecified atom stereocenters. The summed E-state index contributed by atoms with van der Waals surface area (Å²) in [7, 11) is 0. The molecule has 4 rings (SSSR count). The molecule has 7 nitrogen and oxygen atoms in total. The molecule has 0 aliphatic rings. The number of hydrogen-bond acceptors (Lipinski definition) is 4. The van der Waals surface area contributed by atoms with Crippen molar-refractivity contribution in [1.29, 1.82) is 5.26 Å². The Morgan fingerprint density at radius 1 is 1.14 bits per heavy atom. The van der Waals surface area contributed by atoms with E-state index < -0.39 is 10.8 Å². The van der Waals surface area contributed by atoms with Crippen molar-refractivity contribution in [2.24, 2.45) is 0 Å². The van der Waals surface area contributed by atoms with Gasteiger partial charge in [-0.15, -0.1) is 0 Å². The number of fused-ring (bicyclic) bond motifs is 1. The molecule has 4 aromatic rings. The first-order valence-corrected chi connectivity index (χ1v) is 11.2. The zero-order valence-corrected chi connectivity index (χ0v) is 19.8. The van der Waals surface area contributed by atoms with Gasteiger partial charge >= 0.3 is 0 Å². The Kier molecular flexibility index (Phi) is 6.67. The van der Waals surface area contributed by atoms with Crippen molar-refractivity contribution in [2.45, 2.75) is 20.4 Å². The second-order valence-electron chi connectivity index (χ2n) is 8.11. The number of nitriles is 1. The summed E-state index contributed by atoms with van der Waals surface area (Å²) in [5, 5.41) is 25.0. The molecule has 174 valence electrons. The monoisotopic (exact) mass is 484 g/mol. The number of benzene rings is 3. The van der Waals surface area contributed by atoms with E-state index in [0.29, 0.717) is 17.3 Å². The van der Waals surface area contributed by atoms with Gasteiger partial charge in [-0.1, -0.05) is 41.9 Å². The van der Waals surface area contributed by atoms with Gasteiger partial charge in [0.1, 0.15) is 11.6 Å². The molecule has 1 heterocycles. The van der Waals surface area contributed by atoms with E-state index in [1.807, 2.05) is 44.2 Å². The summed E-state index contributed by atoms with van der Waals surface area (Å²) in [4.78, 5) is 23.5. The van der Waals surface area contributed by atoms with E-state index in [9.17, 15) is 20.2 Å². The standard InChI is InChI=1S/C27H21ClN4O3/c1-17-13-21(28)9-12-25(17)30-27(33)20(15-29)14-24-18(2)31(26-6-4-3-5-23(24)26)16-19-7-10-22(11-8-19)32(34)35/h3-14H,16H2,1-2H3,(H,30,33)/b20-14+. The van der Waals surface area contributed by atoms with Crippen LogP contribution in [0.5, 0.6) is 0 Å². The zero-order valence-electron chi connectivity index (χ0n) is 19.1. The lowest BCUT2D eigenvalue weighted by molar-refractivity contribution is -0.384. The van der Waals surface area contributed by atoms with Crippen molar-refractivity contribution in [3.63, 3.8) is 0 Å². The number of non-ortho nitro benzene ring substituents is 1. The Hall–Kier alpha value is -4.41. The van der Waals surface area contributed by atoms with Crippen LogP contribution in [0.3, 0.4) is 0 Å². The number of nitrogens with zero attached hydrogens (tertiary/aromatic N) is 3. The number of hydrogen-bond donors (Lipinski definition) is 1. The molecule has 1 amide bonds. The average Bonchev–Trinajstić information content (AvgIpc) is 3.10. The summed E-state index contributed by atoms with van der Waals surface area (Å²) in [6.45, 7) is 4.23. The van der Waals surface area contributed by atoms with Crippen LogP contribution in [0.4, 0.5) is 11.4 Å². The van der Waals surface area contributed by atoms with E-state index in [-0.39, 0.29) is 11.3 Å². The van der Waals surface area contributed by atoms with E-state index in [2.05, 4.69) is 9.88 Å². The Balaban J connectivity index is 1.71. The quantitative estimate of drug-likeness (QED) is 0.148. The van der Waals surface area contributed by atoms with Crippen LogP contribution < -0.4 is 5.32 Å². The number of para-hydroxylation sites is 1. The molecule has 0 fully saturated rings. The number of aryl methyl sites for hydroxylation is 1. The summed E-state index contributed by atoms with van der Waals surface area (Å²) < 4.78 is 2.07. The molecule has 0 saturated carbocycles. The van der Waals surface area contributed by atoms with Gasteiger partial charge < -0.3 is 9.88 Å². The fourth-order valence-electron chi connectivity index (χ4n) is 4.00. The lowest BCUT2D eigenvalue weighted by Gasteiger charge is -2.09. The van der Waals surface area contributed by atoms with E-state index in [1.54, 1.807) is 36.4 Å². The molecule has 1 N–H and O–H groups in total. The van der Waals surface area contributed by atoms with Crippen LogP contribution in [-0.4, -0.2) is 15.4 Å². The molecule has 0 aliphatic heterocycles. The maximum absolute atomic E-state index is 12.9. The van der Waals surface area contributed by atoms with Crippen LogP contribution >= 0.6 is 11.6 Å². The predicted octanol–water partition coefficient (Wildman–Crippen LogP) is 6.41. The predicted molar refractivity (Wildman–Crippen MR) is 137 cm³/mol. The van der Waals surface area contributed by atoms with Gasteiger partial charge in [0, 0.05) is 51.5 Å². The van der Waals surface area contributed by atoms with Gasteiger partial charge in [-0.2, -0.15) is 5.26 Å². The molecule has 35 heavy (non-hydrogen) atoms. The third-order valence-electron chi connectivity index (χ3n) is 5.86. The number of carbonyl (C=O) groups is 1. The Morgan fingerprint density at radius 2 is 1.86 bits per heavy atom. The minimum atomic E-state index is -0.510. The van der Waals surface area contributed by atoms with E-state index >= 15 is 0 Å². The van der Waals surface area contributed by atoms with Crippen molar-refractivity contribution < 1.29 is 9.72 Å². The molecule has 0 aliphatic carbocycles. The zero-order chi connectivity index (χ0) is 25.1. The van der Waals surface area contributed by atoms with Gasteiger partial charge in [0.05, 0.1) is 4.92 Å². The van der Waals surface area contributed by atoms with Crippen molar-refractivity contribution in [3.8, 4) is 6.07 Å². The number of rotatable bonds is 6. The minimum Gasteiger partial charge on any atom is -0.340 e. The van der Waals surface area contributed by atoms with Gasteiger partial charge in [0.2, 0.25) is 0 Å². The third kappa shape index (κ3) is 4.93. The Morgan fingerprint density at radius 3 is 2.51 bits per heavy atom. The number of aromatic nitrogens is 1. The van der Waals surface area contributed by atoms with Crippen molar-refractivity contribution in [3.05, 3.63) is 110 Å². The molecular formula is C27H21ClN4O3. The van der Waals surface area contributed by atoms with Crippen LogP contribution in [0.25, 0.3) is 17.0 Å². The highest BCUT2D eigenvalue weighted by atomic mass is 35.5. The lowest BCUT2D eigenvalue weighted by Crippen LogP contribution is -2.14. The molecule has 0 radical (unpaired) electrons. The van der Waals surface area contributed by atoms with Crippen molar-refractivity contribution >= 4 is 45.9 Å². The average molecular weight is 485 g/mol. The van der Waals surface area contributed by atoms with E-state index in [0.717, 1.165) is 33.3 Å². The summed E-state index contributed by atoms with van der Waals surface area (Å²) in [6.07, 6.45) is 1.60. The van der Waals surface area contributed by atoms with Crippen LogP contribution in [0.15, 0.2) is 72.3 Å². The summed E-state index contributed by atoms with van der Waals surface area (Å²) in [5.41, 5.74) is 4.84. The summed E-state index contributed by atoms with van der Waals surface area (Å²) in [5.74, 6) is -0.510. The number of nitrogens with one attached hydrogen (secondary N) is 1. The van der Waals surface area contributed by atoms with Gasteiger partial charge in [-0.25, -0.2) is 0 Å². The maximum Gasteiger partial charge on any atom is 0.269 e. The van der Waals surface area contributed by atoms with E-state index in [1.165, 1.54) is 12.1 Å². The lowest BCUT2D eigenvalue weighted by atomic mass is 10.1. The Bertz CT molecular complexity index is 1530. The highest BCUT2D eigenvalue weighted by Crippen LogP contribution is 2.29. The summed E-state index contributed by atoms with van der Waals surface area (Å²) in [6, 6.07) is 21.3.